The van der Waals surface area contributed by atoms with Crippen LogP contribution >= 0.6 is 0 Å². The molecule has 0 spiro atoms. The van der Waals surface area contributed by atoms with E-state index in [0.717, 1.165) is 13.0 Å². The number of ether oxygens (including phenoxy) is 4. The van der Waals surface area contributed by atoms with E-state index in [1.54, 1.807) is 0 Å². The summed E-state index contributed by atoms with van der Waals surface area (Å²) < 4.78 is 20.8. The lowest BCUT2D eigenvalue weighted by atomic mass is 10.3. The topological polar surface area (TPSA) is 124 Å². The van der Waals surface area contributed by atoms with Crippen molar-refractivity contribution < 1.29 is 33.3 Å². The number of hydrogen-bond acceptors (Lipinski definition) is 8. The van der Waals surface area contributed by atoms with Crippen LogP contribution in [0.1, 0.15) is 19.8 Å². The van der Waals surface area contributed by atoms with Gasteiger partial charge in [-0.2, -0.15) is 0 Å². The van der Waals surface area contributed by atoms with Gasteiger partial charge in [0.15, 0.2) is 5.78 Å². The molecule has 2 amide bonds. The molecule has 0 radical (unpaired) electrons. The smallest absolute Gasteiger partial charge is 0.246 e. The summed E-state index contributed by atoms with van der Waals surface area (Å²) in [5.41, 5.74) is 0. The highest BCUT2D eigenvalue weighted by atomic mass is 16.5. The summed E-state index contributed by atoms with van der Waals surface area (Å²) in [5, 5.41) is 8.41. The minimum Gasteiger partial charge on any atom is -0.377 e. The normalized spacial score (nSPS) is 10.6. The Morgan fingerprint density at radius 3 is 1.79 bits per heavy atom. The van der Waals surface area contributed by atoms with E-state index in [1.165, 1.54) is 6.92 Å². The Balaban J connectivity index is 3.26. The first kappa shape index (κ1) is 26.4. The Morgan fingerprint density at radius 1 is 0.679 bits per heavy atom. The lowest BCUT2D eigenvalue weighted by Crippen LogP contribution is -2.31. The maximum absolute atomic E-state index is 11.5. The van der Waals surface area contributed by atoms with E-state index < -0.39 is 0 Å². The summed E-state index contributed by atoms with van der Waals surface area (Å²) in [6, 6.07) is 0. The van der Waals surface area contributed by atoms with Crippen LogP contribution in [-0.2, 0) is 33.3 Å². The van der Waals surface area contributed by atoms with Gasteiger partial charge in [0.05, 0.1) is 39.6 Å². The molecule has 0 bridgehead atoms. The van der Waals surface area contributed by atoms with E-state index >= 15 is 0 Å². The summed E-state index contributed by atoms with van der Waals surface area (Å²) in [5.74, 6) is -0.246. The van der Waals surface area contributed by atoms with E-state index in [2.05, 4.69) is 16.0 Å². The Bertz CT molecular complexity index is 422. The maximum atomic E-state index is 11.5. The average molecular weight is 405 g/mol. The molecule has 0 heterocycles. The molecule has 10 nitrogen and oxygen atoms in total. The molecule has 0 unspecified atom stereocenters. The standard InChI is InChI=1S/C18H35N3O7/c1-16(22)14-27-12-10-26-9-7-21-18(24)15-28-13-11-25-8-6-20-17(23)4-3-5-19-2/h19H,3-15H2,1-2H3,(H,20,23)(H,21,24). The molecular formula is C18H35N3O7. The van der Waals surface area contributed by atoms with Gasteiger partial charge in [-0.3, -0.25) is 14.4 Å². The van der Waals surface area contributed by atoms with Crippen molar-refractivity contribution in [1.29, 1.82) is 0 Å². The maximum Gasteiger partial charge on any atom is 0.246 e. The predicted molar refractivity (Wildman–Crippen MR) is 103 cm³/mol. The fraction of sp³-hybridized carbons (Fsp3) is 0.833. The number of Topliss-reactive ketones (excluding diaryl/α,β-unsaturated/α-hetero) is 1. The lowest BCUT2D eigenvalue weighted by Gasteiger charge is -2.08. The van der Waals surface area contributed by atoms with Crippen molar-refractivity contribution >= 4 is 17.6 Å². The Labute approximate surface area is 167 Å². The van der Waals surface area contributed by atoms with Crippen molar-refractivity contribution in [2.45, 2.75) is 19.8 Å². The van der Waals surface area contributed by atoms with Gasteiger partial charge < -0.3 is 34.9 Å². The lowest BCUT2D eigenvalue weighted by molar-refractivity contribution is -0.127. The third-order valence-electron chi connectivity index (χ3n) is 3.25. The quantitative estimate of drug-likeness (QED) is 0.218. The van der Waals surface area contributed by atoms with Gasteiger partial charge in [0.1, 0.15) is 13.2 Å². The highest BCUT2D eigenvalue weighted by molar-refractivity contribution is 5.77. The fourth-order valence-corrected chi connectivity index (χ4v) is 1.91. The molecule has 164 valence electrons. The predicted octanol–water partition coefficient (Wildman–Crippen LogP) is -1.13. The van der Waals surface area contributed by atoms with Crippen molar-refractivity contribution in [3.05, 3.63) is 0 Å². The third kappa shape index (κ3) is 20.7. The molecule has 10 heteroatoms. The molecule has 0 aliphatic rings. The van der Waals surface area contributed by atoms with Gasteiger partial charge in [-0.1, -0.05) is 0 Å². The van der Waals surface area contributed by atoms with Gasteiger partial charge in [0.2, 0.25) is 11.8 Å². The second kappa shape index (κ2) is 20.2. The molecule has 0 rings (SSSR count). The molecule has 28 heavy (non-hydrogen) atoms. The highest BCUT2D eigenvalue weighted by Gasteiger charge is 2.02. The fourth-order valence-electron chi connectivity index (χ4n) is 1.91. The number of rotatable bonds is 20. The number of hydrogen-bond donors (Lipinski definition) is 3. The van der Waals surface area contributed by atoms with Crippen LogP contribution in [0.25, 0.3) is 0 Å². The number of ketones is 1. The zero-order chi connectivity index (χ0) is 20.9. The summed E-state index contributed by atoms with van der Waals surface area (Å²) in [6.07, 6.45) is 1.30. The van der Waals surface area contributed by atoms with E-state index in [-0.39, 0.29) is 30.8 Å². The van der Waals surface area contributed by atoms with E-state index in [1.807, 2.05) is 7.05 Å². The van der Waals surface area contributed by atoms with Crippen molar-refractivity contribution in [2.75, 3.05) is 79.5 Å². The largest absolute Gasteiger partial charge is 0.377 e. The van der Waals surface area contributed by atoms with Crippen LogP contribution in [0.2, 0.25) is 0 Å². The molecule has 0 aliphatic heterocycles. The van der Waals surface area contributed by atoms with Crippen LogP contribution in [0.5, 0.6) is 0 Å². The second-order valence-electron chi connectivity index (χ2n) is 5.94. The molecule has 0 saturated heterocycles. The SMILES string of the molecule is CNCCCC(=O)NCCOCCOCC(=O)NCCOCCOCC(C)=O. The van der Waals surface area contributed by atoms with Crippen LogP contribution in [0.3, 0.4) is 0 Å². The average Bonchev–Trinajstić information content (AvgIpc) is 2.66. The number of nitrogens with one attached hydrogen (secondary N) is 3. The molecule has 0 saturated carbocycles. The van der Waals surface area contributed by atoms with Crippen LogP contribution in [0, 0.1) is 0 Å². The summed E-state index contributed by atoms with van der Waals surface area (Å²) in [7, 11) is 1.85. The molecule has 0 aromatic carbocycles. The monoisotopic (exact) mass is 405 g/mol. The van der Waals surface area contributed by atoms with Gasteiger partial charge in [-0.05, 0) is 26.9 Å². The van der Waals surface area contributed by atoms with Crippen LogP contribution in [0.15, 0.2) is 0 Å². The first-order chi connectivity index (χ1) is 13.6. The Hall–Kier alpha value is -1.59. The zero-order valence-corrected chi connectivity index (χ0v) is 17.1. The summed E-state index contributed by atoms with van der Waals surface area (Å²) in [6.45, 7) is 5.28. The van der Waals surface area contributed by atoms with Crippen molar-refractivity contribution in [3.8, 4) is 0 Å². The minimum atomic E-state index is -0.231. The van der Waals surface area contributed by atoms with Crippen LogP contribution in [-0.4, -0.2) is 97.1 Å². The van der Waals surface area contributed by atoms with Crippen LogP contribution in [0.4, 0.5) is 0 Å². The number of amides is 2. The number of carbonyl (C=O) groups excluding carboxylic acids is 3. The summed E-state index contributed by atoms with van der Waals surface area (Å²) >= 11 is 0. The van der Waals surface area contributed by atoms with E-state index in [9.17, 15) is 14.4 Å². The Kier molecular flexibility index (Phi) is 19.0. The molecule has 0 aliphatic carbocycles. The van der Waals surface area contributed by atoms with Gasteiger partial charge in [0.25, 0.3) is 0 Å². The van der Waals surface area contributed by atoms with Crippen LogP contribution < -0.4 is 16.0 Å². The Morgan fingerprint density at radius 2 is 1.21 bits per heavy atom. The van der Waals surface area contributed by atoms with Crippen molar-refractivity contribution in [1.82, 2.24) is 16.0 Å². The first-order valence-electron chi connectivity index (χ1n) is 9.54. The van der Waals surface area contributed by atoms with Gasteiger partial charge in [-0.15, -0.1) is 0 Å². The molecule has 0 atom stereocenters. The molecule has 0 aromatic rings. The molecule has 0 aromatic heterocycles. The van der Waals surface area contributed by atoms with E-state index in [0.29, 0.717) is 59.2 Å². The van der Waals surface area contributed by atoms with Gasteiger partial charge in [0, 0.05) is 19.5 Å². The van der Waals surface area contributed by atoms with Gasteiger partial charge >= 0.3 is 0 Å². The van der Waals surface area contributed by atoms with Crippen molar-refractivity contribution in [2.24, 2.45) is 0 Å². The minimum absolute atomic E-state index is 0.0133. The molecule has 0 fully saturated rings. The first-order valence-corrected chi connectivity index (χ1v) is 9.54. The highest BCUT2D eigenvalue weighted by Crippen LogP contribution is 1.86. The van der Waals surface area contributed by atoms with Gasteiger partial charge in [-0.25, -0.2) is 0 Å². The van der Waals surface area contributed by atoms with E-state index in [4.69, 9.17) is 18.9 Å². The molecular weight excluding hydrogens is 370 g/mol. The third-order valence-corrected chi connectivity index (χ3v) is 3.25. The zero-order valence-electron chi connectivity index (χ0n) is 17.1. The molecule has 3 N–H and O–H groups in total. The second-order valence-corrected chi connectivity index (χ2v) is 5.94. The number of carbonyl (C=O) groups is 3. The summed E-state index contributed by atoms with van der Waals surface area (Å²) in [4.78, 5) is 33.6. The van der Waals surface area contributed by atoms with Crippen molar-refractivity contribution in [3.63, 3.8) is 0 Å².